The Bertz CT molecular complexity index is 933. The van der Waals surface area contributed by atoms with Crippen LogP contribution in [0.5, 0.6) is 0 Å². The molecule has 4 nitrogen and oxygen atoms in total. The van der Waals surface area contributed by atoms with Crippen molar-refractivity contribution < 1.29 is 9.59 Å². The van der Waals surface area contributed by atoms with E-state index in [4.69, 9.17) is 0 Å². The fourth-order valence-corrected chi connectivity index (χ4v) is 4.21. The lowest BCUT2D eigenvalue weighted by Gasteiger charge is -2.25. The molecule has 1 atom stereocenters. The summed E-state index contributed by atoms with van der Waals surface area (Å²) >= 11 is 0. The number of fused-ring (bicyclic) bond motifs is 2. The molecule has 0 spiro atoms. The molecular formula is C27H36N2O2. The summed E-state index contributed by atoms with van der Waals surface area (Å²) in [4.78, 5) is 26.9. The molecule has 0 amide bonds. The van der Waals surface area contributed by atoms with Crippen molar-refractivity contribution in [3.63, 3.8) is 0 Å². The second-order valence-corrected chi connectivity index (χ2v) is 9.02. The number of nitrogens with one attached hydrogen (secondary N) is 2. The quantitative estimate of drug-likeness (QED) is 0.369. The zero-order valence-electron chi connectivity index (χ0n) is 19.4. The average molecular weight is 421 g/mol. The van der Waals surface area contributed by atoms with Crippen LogP contribution in [0.25, 0.3) is 0 Å². The van der Waals surface area contributed by atoms with Gasteiger partial charge in [-0.2, -0.15) is 0 Å². The van der Waals surface area contributed by atoms with Crippen molar-refractivity contribution in [2.75, 3.05) is 23.7 Å². The fourth-order valence-electron chi connectivity index (χ4n) is 4.21. The standard InChI is InChI=1S/C27H36N2O2/c1-5-7-10-19(6-2)17-29-23-14-13-22(28-16-15-18(3)4)24-25(23)27(31)21-12-9-8-11-20(21)26(24)30/h8-9,11-14,18-19,28-29H,5-7,10,15-17H2,1-4H3. The summed E-state index contributed by atoms with van der Waals surface area (Å²) in [5.74, 6) is 0.985. The topological polar surface area (TPSA) is 58.2 Å². The van der Waals surface area contributed by atoms with Crippen LogP contribution < -0.4 is 10.6 Å². The Morgan fingerprint density at radius 2 is 1.39 bits per heavy atom. The normalized spacial score (nSPS) is 13.7. The maximum absolute atomic E-state index is 13.5. The maximum atomic E-state index is 13.5. The third-order valence-electron chi connectivity index (χ3n) is 6.24. The van der Waals surface area contributed by atoms with Gasteiger partial charge in [-0.05, 0) is 36.8 Å². The highest BCUT2D eigenvalue weighted by Gasteiger charge is 2.33. The minimum atomic E-state index is -0.0704. The van der Waals surface area contributed by atoms with Crippen LogP contribution in [-0.4, -0.2) is 24.7 Å². The maximum Gasteiger partial charge on any atom is 0.196 e. The van der Waals surface area contributed by atoms with E-state index in [0.717, 1.165) is 37.3 Å². The average Bonchev–Trinajstić information content (AvgIpc) is 2.77. The lowest BCUT2D eigenvalue weighted by atomic mass is 9.82. The molecule has 4 heteroatoms. The van der Waals surface area contributed by atoms with Crippen LogP contribution in [-0.2, 0) is 0 Å². The van der Waals surface area contributed by atoms with E-state index in [9.17, 15) is 9.59 Å². The molecular weight excluding hydrogens is 384 g/mol. The number of hydrogen-bond donors (Lipinski definition) is 2. The van der Waals surface area contributed by atoms with Gasteiger partial charge in [0.25, 0.3) is 0 Å². The van der Waals surface area contributed by atoms with Crippen LogP contribution in [0.4, 0.5) is 11.4 Å². The van der Waals surface area contributed by atoms with Gasteiger partial charge in [-0.1, -0.05) is 71.2 Å². The van der Waals surface area contributed by atoms with Gasteiger partial charge in [0.15, 0.2) is 11.6 Å². The van der Waals surface area contributed by atoms with Crippen LogP contribution in [0.2, 0.25) is 0 Å². The SMILES string of the molecule is CCCCC(CC)CNc1ccc(NCCC(C)C)c2c1C(=O)c1ccccc1C2=O. The van der Waals surface area contributed by atoms with Crippen LogP contribution in [0.15, 0.2) is 36.4 Å². The van der Waals surface area contributed by atoms with Crippen LogP contribution in [0, 0.1) is 11.8 Å². The first-order chi connectivity index (χ1) is 15.0. The molecule has 0 radical (unpaired) electrons. The Morgan fingerprint density at radius 3 is 1.90 bits per heavy atom. The Balaban J connectivity index is 1.96. The summed E-state index contributed by atoms with van der Waals surface area (Å²) in [5.41, 5.74) is 3.56. The molecule has 0 bridgehead atoms. The van der Waals surface area contributed by atoms with Gasteiger partial charge in [-0.15, -0.1) is 0 Å². The lowest BCUT2D eigenvalue weighted by Crippen LogP contribution is -2.25. The highest BCUT2D eigenvalue weighted by atomic mass is 16.1. The number of unbranched alkanes of at least 4 members (excludes halogenated alkanes) is 1. The van der Waals surface area contributed by atoms with E-state index in [1.165, 1.54) is 19.3 Å². The molecule has 0 aliphatic heterocycles. The molecule has 2 aromatic rings. The Morgan fingerprint density at radius 1 is 0.806 bits per heavy atom. The molecule has 2 N–H and O–H groups in total. The zero-order valence-corrected chi connectivity index (χ0v) is 19.4. The zero-order chi connectivity index (χ0) is 22.4. The number of ketones is 2. The van der Waals surface area contributed by atoms with Gasteiger partial charge >= 0.3 is 0 Å². The smallest absolute Gasteiger partial charge is 0.196 e. The van der Waals surface area contributed by atoms with E-state index in [0.29, 0.717) is 34.1 Å². The van der Waals surface area contributed by atoms with Crippen molar-refractivity contribution in [1.82, 2.24) is 0 Å². The third-order valence-corrected chi connectivity index (χ3v) is 6.24. The number of carbonyl (C=O) groups excluding carboxylic acids is 2. The van der Waals surface area contributed by atoms with Crippen molar-refractivity contribution in [3.8, 4) is 0 Å². The first-order valence-electron chi connectivity index (χ1n) is 11.8. The van der Waals surface area contributed by atoms with Crippen LogP contribution in [0.1, 0.15) is 91.6 Å². The summed E-state index contributed by atoms with van der Waals surface area (Å²) in [6.45, 7) is 10.4. The number of carbonyl (C=O) groups is 2. The molecule has 0 saturated carbocycles. The van der Waals surface area contributed by atoms with Gasteiger partial charge in [0.05, 0.1) is 11.1 Å². The molecule has 0 fully saturated rings. The van der Waals surface area contributed by atoms with E-state index < -0.39 is 0 Å². The largest absolute Gasteiger partial charge is 0.384 e. The van der Waals surface area contributed by atoms with Crippen molar-refractivity contribution >= 4 is 22.9 Å². The summed E-state index contributed by atoms with van der Waals surface area (Å²) in [6, 6.07) is 11.1. The Kier molecular flexibility index (Phi) is 7.89. The number of benzene rings is 2. The molecule has 3 rings (SSSR count). The van der Waals surface area contributed by atoms with Crippen molar-refractivity contribution in [2.24, 2.45) is 11.8 Å². The number of hydrogen-bond acceptors (Lipinski definition) is 4. The van der Waals surface area contributed by atoms with Gasteiger partial charge in [0, 0.05) is 35.6 Å². The van der Waals surface area contributed by atoms with E-state index in [-0.39, 0.29) is 11.6 Å². The minimum absolute atomic E-state index is 0.0678. The van der Waals surface area contributed by atoms with Crippen molar-refractivity contribution in [1.29, 1.82) is 0 Å². The second-order valence-electron chi connectivity index (χ2n) is 9.02. The molecule has 0 heterocycles. The molecule has 2 aromatic carbocycles. The van der Waals surface area contributed by atoms with Crippen LogP contribution in [0.3, 0.4) is 0 Å². The van der Waals surface area contributed by atoms with Gasteiger partial charge < -0.3 is 10.6 Å². The van der Waals surface area contributed by atoms with Gasteiger partial charge in [0.2, 0.25) is 0 Å². The van der Waals surface area contributed by atoms with E-state index in [1.54, 1.807) is 12.1 Å². The fraction of sp³-hybridized carbons (Fsp3) is 0.481. The van der Waals surface area contributed by atoms with E-state index in [2.05, 4.69) is 38.3 Å². The predicted octanol–water partition coefficient (Wildman–Crippen LogP) is 6.55. The molecule has 1 aliphatic carbocycles. The van der Waals surface area contributed by atoms with Gasteiger partial charge in [0.1, 0.15) is 0 Å². The van der Waals surface area contributed by atoms with Crippen molar-refractivity contribution in [3.05, 3.63) is 58.7 Å². The lowest BCUT2D eigenvalue weighted by molar-refractivity contribution is 0.0980. The number of anilines is 2. The molecule has 0 aromatic heterocycles. The first-order valence-corrected chi connectivity index (χ1v) is 11.8. The molecule has 31 heavy (non-hydrogen) atoms. The molecule has 1 unspecified atom stereocenters. The highest BCUT2D eigenvalue weighted by Crippen LogP contribution is 2.36. The minimum Gasteiger partial charge on any atom is -0.384 e. The first kappa shape index (κ1) is 23.1. The number of rotatable bonds is 11. The second kappa shape index (κ2) is 10.6. The monoisotopic (exact) mass is 420 g/mol. The summed E-state index contributed by atoms with van der Waals surface area (Å²) in [7, 11) is 0. The molecule has 166 valence electrons. The molecule has 1 aliphatic rings. The third kappa shape index (κ3) is 5.17. The summed E-state index contributed by atoms with van der Waals surface area (Å²) in [5, 5.41) is 6.93. The highest BCUT2D eigenvalue weighted by molar-refractivity contribution is 6.31. The summed E-state index contributed by atoms with van der Waals surface area (Å²) < 4.78 is 0. The molecule has 0 saturated heterocycles. The van der Waals surface area contributed by atoms with Gasteiger partial charge in [-0.25, -0.2) is 0 Å². The van der Waals surface area contributed by atoms with E-state index in [1.807, 2.05) is 24.3 Å². The van der Waals surface area contributed by atoms with E-state index >= 15 is 0 Å². The predicted molar refractivity (Wildman–Crippen MR) is 129 cm³/mol. The summed E-state index contributed by atoms with van der Waals surface area (Å²) in [6.07, 6.45) is 5.67. The Labute approximate surface area is 186 Å². The Hall–Kier alpha value is -2.62. The van der Waals surface area contributed by atoms with Gasteiger partial charge in [-0.3, -0.25) is 9.59 Å². The van der Waals surface area contributed by atoms with Crippen molar-refractivity contribution in [2.45, 2.75) is 59.8 Å². The van der Waals surface area contributed by atoms with Crippen LogP contribution >= 0.6 is 0 Å².